The zero-order chi connectivity index (χ0) is 10.8. The molecule has 0 aliphatic carbocycles. The standard InChI is InChI=1S/C10H14.CH3NS2.H2O/c1-2-3-7-10-8-5-4-6-9-10;2-1(3)4;/h4-6,8-9H,2-3,7H2,1H3;(H3,2,3,4);1H2. The second kappa shape index (κ2) is 11.5. The van der Waals surface area contributed by atoms with Gasteiger partial charge in [0.1, 0.15) is 4.32 Å². The van der Waals surface area contributed by atoms with E-state index in [4.69, 9.17) is 5.73 Å². The highest BCUT2D eigenvalue weighted by atomic mass is 32.1. The smallest absolute Gasteiger partial charge is 0.128 e. The summed E-state index contributed by atoms with van der Waals surface area (Å²) in [5.41, 5.74) is 6.17. The summed E-state index contributed by atoms with van der Waals surface area (Å²) in [4.78, 5) is 0. The van der Waals surface area contributed by atoms with Crippen molar-refractivity contribution in [2.45, 2.75) is 26.2 Å². The van der Waals surface area contributed by atoms with Crippen molar-refractivity contribution >= 4 is 29.2 Å². The van der Waals surface area contributed by atoms with Gasteiger partial charge in [-0.2, -0.15) is 0 Å². The summed E-state index contributed by atoms with van der Waals surface area (Å²) in [7, 11) is 0. The fourth-order valence-electron chi connectivity index (χ4n) is 1.03. The molecule has 0 spiro atoms. The number of nitrogens with two attached hydrogens (primary N) is 1. The van der Waals surface area contributed by atoms with Crippen molar-refractivity contribution in [2.24, 2.45) is 5.73 Å². The molecule has 15 heavy (non-hydrogen) atoms. The van der Waals surface area contributed by atoms with Gasteiger partial charge in [0.15, 0.2) is 0 Å². The van der Waals surface area contributed by atoms with Gasteiger partial charge >= 0.3 is 0 Å². The Morgan fingerprint density at radius 1 is 1.33 bits per heavy atom. The van der Waals surface area contributed by atoms with E-state index >= 15 is 0 Å². The average Bonchev–Trinajstić information content (AvgIpc) is 2.15. The molecule has 2 nitrogen and oxygen atoms in total. The molecule has 1 aromatic carbocycles. The van der Waals surface area contributed by atoms with Crippen molar-refractivity contribution in [2.75, 3.05) is 0 Å². The molecule has 0 aliphatic heterocycles. The monoisotopic (exact) mass is 245 g/mol. The lowest BCUT2D eigenvalue weighted by molar-refractivity contribution is 0.795. The Bertz CT molecular complexity index is 248. The summed E-state index contributed by atoms with van der Waals surface area (Å²) >= 11 is 7.65. The first-order valence-corrected chi connectivity index (χ1v) is 5.54. The molecule has 0 unspecified atom stereocenters. The van der Waals surface area contributed by atoms with E-state index < -0.39 is 0 Å². The van der Waals surface area contributed by atoms with Gasteiger partial charge in [0.05, 0.1) is 0 Å². The first-order valence-electron chi connectivity index (χ1n) is 4.69. The van der Waals surface area contributed by atoms with Gasteiger partial charge in [-0.05, 0) is 18.4 Å². The lowest BCUT2D eigenvalue weighted by Crippen LogP contribution is -1.94. The molecule has 0 aromatic heterocycles. The average molecular weight is 245 g/mol. The molecule has 0 amide bonds. The molecule has 4 heteroatoms. The van der Waals surface area contributed by atoms with Crippen molar-refractivity contribution in [3.8, 4) is 0 Å². The summed E-state index contributed by atoms with van der Waals surface area (Å²) in [6, 6.07) is 10.6. The maximum absolute atomic E-state index is 4.71. The van der Waals surface area contributed by atoms with Crippen LogP contribution < -0.4 is 5.73 Å². The van der Waals surface area contributed by atoms with Gasteiger partial charge in [0.2, 0.25) is 0 Å². The lowest BCUT2D eigenvalue weighted by atomic mass is 10.1. The highest BCUT2D eigenvalue weighted by Gasteiger charge is 1.87. The van der Waals surface area contributed by atoms with E-state index in [1.54, 1.807) is 0 Å². The van der Waals surface area contributed by atoms with E-state index in [0.717, 1.165) is 0 Å². The maximum atomic E-state index is 4.71. The summed E-state index contributed by atoms with van der Waals surface area (Å²) in [5.74, 6) is 0. The molecule has 0 fully saturated rings. The van der Waals surface area contributed by atoms with Gasteiger partial charge in [-0.1, -0.05) is 55.9 Å². The normalized spacial score (nSPS) is 8.13. The quantitative estimate of drug-likeness (QED) is 0.634. The zero-order valence-electron chi connectivity index (χ0n) is 8.94. The third-order valence-electron chi connectivity index (χ3n) is 1.66. The molecule has 4 N–H and O–H groups in total. The molecule has 0 atom stereocenters. The fraction of sp³-hybridized carbons (Fsp3) is 0.364. The molecule has 1 aromatic rings. The Kier molecular flexibility index (Phi) is 12.9. The van der Waals surface area contributed by atoms with Crippen LogP contribution in [0.25, 0.3) is 0 Å². The summed E-state index contributed by atoms with van der Waals surface area (Å²) < 4.78 is 0.194. The topological polar surface area (TPSA) is 57.5 Å². The van der Waals surface area contributed by atoms with Crippen molar-refractivity contribution < 1.29 is 5.48 Å². The predicted molar refractivity (Wildman–Crippen MR) is 74.4 cm³/mol. The first-order chi connectivity index (χ1) is 6.66. The number of unbranched alkanes of at least 4 members (excludes halogenated alkanes) is 1. The highest BCUT2D eigenvalue weighted by Crippen LogP contribution is 2.03. The molecule has 0 radical (unpaired) electrons. The molecule has 0 saturated carbocycles. The summed E-state index contributed by atoms with van der Waals surface area (Å²) in [6.07, 6.45) is 3.83. The summed E-state index contributed by atoms with van der Waals surface area (Å²) in [5, 5.41) is 0. The van der Waals surface area contributed by atoms with Crippen molar-refractivity contribution in [1.82, 2.24) is 0 Å². The van der Waals surface area contributed by atoms with Gasteiger partial charge in [-0.3, -0.25) is 0 Å². The summed E-state index contributed by atoms with van der Waals surface area (Å²) in [6.45, 7) is 2.23. The zero-order valence-corrected chi connectivity index (χ0v) is 10.7. The molecule has 0 aliphatic rings. The van der Waals surface area contributed by atoms with Crippen LogP contribution in [0.5, 0.6) is 0 Å². The Morgan fingerprint density at radius 2 is 1.80 bits per heavy atom. The second-order valence-electron chi connectivity index (χ2n) is 2.93. The number of hydrogen-bond donors (Lipinski definition) is 2. The number of rotatable bonds is 3. The predicted octanol–water partition coefficient (Wildman–Crippen LogP) is 2.36. The van der Waals surface area contributed by atoms with E-state index in [2.05, 4.69) is 62.1 Å². The molecular formula is C11H19NOS2. The molecule has 1 rings (SSSR count). The Morgan fingerprint density at radius 3 is 2.20 bits per heavy atom. The van der Waals surface area contributed by atoms with Gasteiger partial charge in [0, 0.05) is 0 Å². The minimum atomic E-state index is 0. The third-order valence-corrected chi connectivity index (χ3v) is 1.66. The van der Waals surface area contributed by atoms with Gasteiger partial charge < -0.3 is 11.2 Å². The molecular weight excluding hydrogens is 226 g/mol. The lowest BCUT2D eigenvalue weighted by Gasteiger charge is -1.96. The SMILES string of the molecule is CCCCc1ccccc1.NC(=S)S.O. The largest absolute Gasteiger partial charge is 0.412 e. The van der Waals surface area contributed by atoms with E-state index in [9.17, 15) is 0 Å². The second-order valence-corrected chi connectivity index (χ2v) is 4.15. The Labute approximate surface area is 103 Å². The first kappa shape index (κ1) is 16.8. The number of hydrogen-bond acceptors (Lipinski definition) is 1. The minimum Gasteiger partial charge on any atom is -0.412 e. The number of thiol groups is 1. The Balaban J connectivity index is 0. The maximum Gasteiger partial charge on any atom is 0.128 e. The van der Waals surface area contributed by atoms with Crippen LogP contribution in [0.4, 0.5) is 0 Å². The Hall–Kier alpha value is -0.580. The molecule has 0 saturated heterocycles. The van der Waals surface area contributed by atoms with E-state index in [1.165, 1.54) is 24.8 Å². The van der Waals surface area contributed by atoms with Crippen LogP contribution in [-0.4, -0.2) is 9.80 Å². The van der Waals surface area contributed by atoms with Crippen LogP contribution in [-0.2, 0) is 6.42 Å². The third kappa shape index (κ3) is 13.4. The van der Waals surface area contributed by atoms with Crippen LogP contribution in [0, 0.1) is 0 Å². The highest BCUT2D eigenvalue weighted by molar-refractivity contribution is 8.10. The van der Waals surface area contributed by atoms with E-state index in [0.29, 0.717) is 0 Å². The van der Waals surface area contributed by atoms with Crippen LogP contribution in [0.3, 0.4) is 0 Å². The van der Waals surface area contributed by atoms with E-state index in [-0.39, 0.29) is 9.80 Å². The van der Waals surface area contributed by atoms with Crippen molar-refractivity contribution in [1.29, 1.82) is 0 Å². The van der Waals surface area contributed by atoms with Gasteiger partial charge in [0.25, 0.3) is 0 Å². The number of benzene rings is 1. The van der Waals surface area contributed by atoms with E-state index in [1.807, 2.05) is 0 Å². The van der Waals surface area contributed by atoms with Gasteiger partial charge in [-0.25, -0.2) is 0 Å². The van der Waals surface area contributed by atoms with Crippen molar-refractivity contribution in [3.05, 3.63) is 35.9 Å². The van der Waals surface area contributed by atoms with Crippen LogP contribution in [0.15, 0.2) is 30.3 Å². The number of thiocarbonyl (C=S) groups is 1. The van der Waals surface area contributed by atoms with Gasteiger partial charge in [-0.15, -0.1) is 12.6 Å². The van der Waals surface area contributed by atoms with Crippen LogP contribution in [0.1, 0.15) is 25.3 Å². The number of aryl methyl sites for hydroxylation is 1. The van der Waals surface area contributed by atoms with Crippen LogP contribution in [0.2, 0.25) is 0 Å². The fourth-order valence-corrected chi connectivity index (χ4v) is 1.03. The minimum absolute atomic E-state index is 0. The van der Waals surface area contributed by atoms with Crippen LogP contribution >= 0.6 is 24.8 Å². The van der Waals surface area contributed by atoms with Crippen molar-refractivity contribution in [3.63, 3.8) is 0 Å². The molecule has 86 valence electrons. The molecule has 0 heterocycles. The molecule has 0 bridgehead atoms.